The zero-order valence-electron chi connectivity index (χ0n) is 15.3. The van der Waals surface area contributed by atoms with Crippen molar-refractivity contribution < 1.29 is 17.9 Å². The minimum atomic E-state index is -3.73. The molecule has 1 aromatic carbocycles. The van der Waals surface area contributed by atoms with Gasteiger partial charge in [0.2, 0.25) is 10.0 Å². The Morgan fingerprint density at radius 3 is 2.65 bits per heavy atom. The summed E-state index contributed by atoms with van der Waals surface area (Å²) in [5.74, 6) is 0.0506. The van der Waals surface area contributed by atoms with E-state index < -0.39 is 10.0 Å². The maximum absolute atomic E-state index is 13.0. The van der Waals surface area contributed by atoms with Crippen LogP contribution in [0.5, 0.6) is 5.75 Å². The highest BCUT2D eigenvalue weighted by atomic mass is 32.2. The largest absolute Gasteiger partial charge is 0.495 e. The first kappa shape index (κ1) is 19.1. The molecule has 1 saturated carbocycles. The van der Waals surface area contributed by atoms with Crippen molar-refractivity contribution in [1.82, 2.24) is 9.62 Å². The summed E-state index contributed by atoms with van der Waals surface area (Å²) in [6.07, 6.45) is 4.52. The monoisotopic (exact) mass is 381 g/mol. The first-order valence-electron chi connectivity index (χ1n) is 9.10. The molecule has 2 aliphatic rings. The van der Waals surface area contributed by atoms with Gasteiger partial charge >= 0.3 is 0 Å². The van der Waals surface area contributed by atoms with Gasteiger partial charge in [-0.05, 0) is 57.2 Å². The van der Waals surface area contributed by atoms with Crippen molar-refractivity contribution in [2.75, 3.05) is 13.7 Å². The number of piperidine rings is 1. The van der Waals surface area contributed by atoms with Crippen molar-refractivity contribution in [3.05, 3.63) is 23.8 Å². The number of carbonyl (C=O) groups excluding carboxylic acids is 1. The third kappa shape index (κ3) is 4.02. The van der Waals surface area contributed by atoms with Crippen molar-refractivity contribution in [3.8, 4) is 5.75 Å². The molecule has 26 heavy (non-hydrogen) atoms. The van der Waals surface area contributed by atoms with E-state index in [0.717, 1.165) is 32.1 Å². The molecule has 1 aromatic rings. The molecule has 0 radical (unpaired) electrons. The molecule has 1 amide bonds. The number of nitrogens with two attached hydrogens (primary N) is 1. The van der Waals surface area contributed by atoms with Gasteiger partial charge in [-0.25, -0.2) is 13.1 Å². The van der Waals surface area contributed by atoms with Gasteiger partial charge in [0, 0.05) is 30.2 Å². The van der Waals surface area contributed by atoms with Gasteiger partial charge in [0.15, 0.2) is 0 Å². The molecule has 1 saturated heterocycles. The van der Waals surface area contributed by atoms with Crippen molar-refractivity contribution >= 4 is 15.9 Å². The van der Waals surface area contributed by atoms with E-state index in [4.69, 9.17) is 10.5 Å². The summed E-state index contributed by atoms with van der Waals surface area (Å²) >= 11 is 0. The molecular weight excluding hydrogens is 354 g/mol. The minimum absolute atomic E-state index is 0.00658. The third-order valence-electron chi connectivity index (χ3n) is 5.02. The molecule has 1 aliphatic carbocycles. The number of nitrogens with zero attached hydrogens (tertiary/aromatic N) is 1. The number of likely N-dealkylation sites (tertiary alicyclic amines) is 1. The van der Waals surface area contributed by atoms with Gasteiger partial charge in [-0.3, -0.25) is 4.79 Å². The molecule has 8 heteroatoms. The fourth-order valence-electron chi connectivity index (χ4n) is 3.43. The molecule has 7 nitrogen and oxygen atoms in total. The third-order valence-corrected chi connectivity index (χ3v) is 6.56. The Kier molecular flexibility index (Phi) is 5.55. The van der Waals surface area contributed by atoms with E-state index in [9.17, 15) is 13.2 Å². The van der Waals surface area contributed by atoms with Gasteiger partial charge < -0.3 is 15.4 Å². The number of hydrogen-bond acceptors (Lipinski definition) is 5. The summed E-state index contributed by atoms with van der Waals surface area (Å²) in [7, 11) is -2.31. The molecule has 2 atom stereocenters. The molecule has 1 aliphatic heterocycles. The second-order valence-corrected chi connectivity index (χ2v) is 8.86. The van der Waals surface area contributed by atoms with E-state index in [-0.39, 0.29) is 34.7 Å². The molecule has 3 N–H and O–H groups in total. The van der Waals surface area contributed by atoms with E-state index in [1.807, 2.05) is 6.92 Å². The highest BCUT2D eigenvalue weighted by Crippen LogP contribution is 2.29. The second-order valence-electron chi connectivity index (χ2n) is 7.18. The van der Waals surface area contributed by atoms with Crippen LogP contribution in [0, 0.1) is 0 Å². The minimum Gasteiger partial charge on any atom is -0.495 e. The summed E-state index contributed by atoms with van der Waals surface area (Å²) in [5, 5.41) is 0. The fraction of sp³-hybridized carbons (Fsp3) is 0.611. The first-order valence-corrected chi connectivity index (χ1v) is 10.6. The molecule has 1 heterocycles. The second kappa shape index (κ2) is 7.54. The van der Waals surface area contributed by atoms with Gasteiger partial charge in [-0.15, -0.1) is 0 Å². The van der Waals surface area contributed by atoms with E-state index >= 15 is 0 Å². The average Bonchev–Trinajstić information content (AvgIpc) is 3.43. The predicted molar refractivity (Wildman–Crippen MR) is 98.7 cm³/mol. The number of nitrogens with one attached hydrogen (secondary N) is 1. The number of sulfonamides is 1. The number of amides is 1. The molecule has 0 bridgehead atoms. The topological polar surface area (TPSA) is 102 Å². The van der Waals surface area contributed by atoms with Crippen molar-refractivity contribution in [1.29, 1.82) is 0 Å². The molecule has 0 spiro atoms. The zero-order valence-corrected chi connectivity index (χ0v) is 16.1. The maximum Gasteiger partial charge on any atom is 0.254 e. The highest BCUT2D eigenvalue weighted by Gasteiger charge is 2.33. The molecule has 144 valence electrons. The Bertz CT molecular complexity index is 775. The Morgan fingerprint density at radius 1 is 1.31 bits per heavy atom. The normalized spacial score (nSPS) is 22.1. The van der Waals surface area contributed by atoms with Gasteiger partial charge in [0.1, 0.15) is 10.6 Å². The smallest absolute Gasteiger partial charge is 0.254 e. The number of methoxy groups -OCH3 is 1. The van der Waals surface area contributed by atoms with Crippen LogP contribution in [0.25, 0.3) is 0 Å². The number of ether oxygens (including phenoxy) is 1. The quantitative estimate of drug-likeness (QED) is 0.777. The Labute approximate surface area is 154 Å². The lowest BCUT2D eigenvalue weighted by Gasteiger charge is -2.38. The molecule has 2 fully saturated rings. The van der Waals surface area contributed by atoms with Crippen LogP contribution in [-0.4, -0.2) is 51.0 Å². The van der Waals surface area contributed by atoms with Crippen LogP contribution in [0.4, 0.5) is 0 Å². The summed E-state index contributed by atoms with van der Waals surface area (Å²) in [4.78, 5) is 14.8. The molecular formula is C18H27N3O4S. The summed E-state index contributed by atoms with van der Waals surface area (Å²) in [6.45, 7) is 2.54. The average molecular weight is 381 g/mol. The lowest BCUT2D eigenvalue weighted by atomic mass is 9.96. The molecule has 2 unspecified atom stereocenters. The number of hydrogen-bond donors (Lipinski definition) is 2. The van der Waals surface area contributed by atoms with Crippen LogP contribution in [0.1, 0.15) is 49.4 Å². The van der Waals surface area contributed by atoms with Crippen LogP contribution >= 0.6 is 0 Å². The first-order chi connectivity index (χ1) is 12.3. The SMILES string of the molecule is COc1ccc(C(=O)N2CCCCC2C(C)N)cc1S(=O)(=O)NC1CC1. The lowest BCUT2D eigenvalue weighted by molar-refractivity contribution is 0.0583. The number of benzene rings is 1. The lowest BCUT2D eigenvalue weighted by Crippen LogP contribution is -2.51. The van der Waals surface area contributed by atoms with Crippen LogP contribution in [0.2, 0.25) is 0 Å². The molecule has 0 aromatic heterocycles. The van der Waals surface area contributed by atoms with E-state index in [1.54, 1.807) is 17.0 Å². The van der Waals surface area contributed by atoms with Gasteiger partial charge in [-0.2, -0.15) is 0 Å². The maximum atomic E-state index is 13.0. The predicted octanol–water partition coefficient (Wildman–Crippen LogP) is 1.48. The Balaban J connectivity index is 1.92. The van der Waals surface area contributed by atoms with Crippen LogP contribution in [0.15, 0.2) is 23.1 Å². The van der Waals surface area contributed by atoms with Crippen molar-refractivity contribution in [2.24, 2.45) is 5.73 Å². The molecule has 3 rings (SSSR count). The Morgan fingerprint density at radius 2 is 2.04 bits per heavy atom. The standard InChI is InChI=1S/C18H27N3O4S/c1-12(19)15-5-3-4-10-21(15)18(22)13-6-9-16(25-2)17(11-13)26(23,24)20-14-7-8-14/h6,9,11-12,14-15,20H,3-5,7-8,10,19H2,1-2H3. The zero-order chi connectivity index (χ0) is 18.9. The van der Waals surface area contributed by atoms with Gasteiger partial charge in [0.25, 0.3) is 5.91 Å². The van der Waals surface area contributed by atoms with Gasteiger partial charge in [-0.1, -0.05) is 0 Å². The highest BCUT2D eigenvalue weighted by molar-refractivity contribution is 7.89. The van der Waals surface area contributed by atoms with Crippen molar-refractivity contribution in [3.63, 3.8) is 0 Å². The summed E-state index contributed by atoms with van der Waals surface area (Å²) in [6, 6.07) is 4.40. The number of carbonyl (C=O) groups is 1. The van der Waals surface area contributed by atoms with Crippen molar-refractivity contribution in [2.45, 2.75) is 62.0 Å². The van der Waals surface area contributed by atoms with E-state index in [2.05, 4.69) is 4.72 Å². The fourth-order valence-corrected chi connectivity index (χ4v) is 4.93. The van der Waals surface area contributed by atoms with Gasteiger partial charge in [0.05, 0.1) is 7.11 Å². The van der Waals surface area contributed by atoms with E-state index in [1.165, 1.54) is 13.2 Å². The van der Waals surface area contributed by atoms with Crippen LogP contribution < -0.4 is 15.2 Å². The Hall–Kier alpha value is -1.64. The summed E-state index contributed by atoms with van der Waals surface area (Å²) < 4.78 is 33.2. The van der Waals surface area contributed by atoms with E-state index in [0.29, 0.717) is 12.1 Å². The van der Waals surface area contributed by atoms with Crippen LogP contribution in [0.3, 0.4) is 0 Å². The number of rotatable bonds is 6. The summed E-state index contributed by atoms with van der Waals surface area (Å²) in [5.41, 5.74) is 6.40. The van der Waals surface area contributed by atoms with Crippen LogP contribution in [-0.2, 0) is 10.0 Å².